The average Bonchev–Trinajstić information content (AvgIpc) is 2.94. The van der Waals surface area contributed by atoms with E-state index >= 15 is 0 Å². The molecule has 0 atom stereocenters. The van der Waals surface area contributed by atoms with Crippen molar-refractivity contribution in [3.63, 3.8) is 0 Å². The van der Waals surface area contributed by atoms with Crippen molar-refractivity contribution < 1.29 is 123 Å². The topological polar surface area (TPSA) is 269 Å². The van der Waals surface area contributed by atoms with Crippen LogP contribution in [0.25, 0.3) is 0 Å². The minimum absolute atomic E-state index is 0. The first kappa shape index (κ1) is 49.4. The molecule has 19 nitrogen and oxygen atoms in total. The summed E-state index contributed by atoms with van der Waals surface area (Å²) >= 11 is 6.57. The van der Waals surface area contributed by atoms with Gasteiger partial charge in [-0.05, 0) is 54.8 Å². The number of aromatic nitrogens is 3. The zero-order chi connectivity index (χ0) is 32.5. The van der Waals surface area contributed by atoms with E-state index in [2.05, 4.69) is 49.2 Å². The van der Waals surface area contributed by atoms with E-state index in [1.807, 2.05) is 21.1 Å². The Morgan fingerprint density at radius 1 is 0.958 bits per heavy atom. The third-order valence-corrected chi connectivity index (χ3v) is 8.10. The molecule has 1 heterocycles. The SMILES string of the molecule is Cc1cc(S(=O)(=O)CCOSOO[O-])c(C)cc1N=Nc1cc(OSOO[O-])c(N)cc1Nc1nc(Cl)nc([N+](C)(C)C)n1.O.[Cl-].[Na+].[Na+]. The minimum atomic E-state index is -3.77. The van der Waals surface area contributed by atoms with Crippen LogP contribution in [0.4, 0.5) is 34.6 Å². The molecule has 0 fully saturated rings. The van der Waals surface area contributed by atoms with E-state index in [0.29, 0.717) is 22.8 Å². The monoisotopic (exact) mass is 792 g/mol. The molecule has 0 amide bonds. The molecule has 2 aromatic carbocycles. The van der Waals surface area contributed by atoms with Gasteiger partial charge in [0.05, 0.1) is 55.5 Å². The molecule has 48 heavy (non-hydrogen) atoms. The molecule has 0 radical (unpaired) electrons. The maximum atomic E-state index is 12.9. The molecule has 3 rings (SSSR count). The fraction of sp³-hybridized carbons (Fsp3) is 0.318. The molecular weight excluding hydrogens is 765 g/mol. The molecule has 0 bridgehead atoms. The molecular formula is C22H28Cl2N8Na2O11S3. The van der Waals surface area contributed by atoms with Crippen LogP contribution in [0, 0.1) is 13.8 Å². The molecule has 26 heteroatoms. The van der Waals surface area contributed by atoms with Gasteiger partial charge in [-0.25, -0.2) is 8.42 Å². The number of nitrogen functional groups attached to an aromatic ring is 1. The second-order valence-electron chi connectivity index (χ2n) is 9.51. The summed E-state index contributed by atoms with van der Waals surface area (Å²) in [6.45, 7) is 2.99. The summed E-state index contributed by atoms with van der Waals surface area (Å²) < 4.78 is 44.1. The van der Waals surface area contributed by atoms with Crippen molar-refractivity contribution in [1.82, 2.24) is 19.4 Å². The van der Waals surface area contributed by atoms with Gasteiger partial charge < -0.3 is 43.6 Å². The largest absolute Gasteiger partial charge is 1.00 e. The van der Waals surface area contributed by atoms with Crippen molar-refractivity contribution in [3.05, 3.63) is 40.7 Å². The van der Waals surface area contributed by atoms with Crippen LogP contribution < -0.4 is 102 Å². The standard InChI is InChI=1S/C22H27ClN8O10S3.ClH.2Na.H2O/c1-12-9-19(44(34,35)7-6-36-42-40-38-32)13(2)8-15(12)29-30-17-11-18(37-43-41-39-33)14(24)10-16(17)25-21-26-20(23)27-22(28-21)31(3,4)5;;;;/h8-11H,6-7,24H2,1-5H3,(H2-,25,26,27,28,32,33);1H;;;1H2/q;;2*+1;/p-2. The number of quaternary nitrogens is 1. The van der Waals surface area contributed by atoms with Crippen LogP contribution in [-0.4, -0.2) is 62.3 Å². The summed E-state index contributed by atoms with van der Waals surface area (Å²) in [4.78, 5) is 12.7. The molecule has 0 spiro atoms. The number of hydrogen-bond donors (Lipinski definition) is 2. The third-order valence-electron chi connectivity index (χ3n) is 5.38. The summed E-state index contributed by atoms with van der Waals surface area (Å²) in [5.41, 5.74) is 7.94. The minimum Gasteiger partial charge on any atom is -1.00 e. The van der Waals surface area contributed by atoms with Crippen molar-refractivity contribution in [2.75, 3.05) is 44.6 Å². The van der Waals surface area contributed by atoms with Crippen LogP contribution in [0.15, 0.2) is 39.4 Å². The van der Waals surface area contributed by atoms with E-state index in [9.17, 15) is 18.9 Å². The van der Waals surface area contributed by atoms with Crippen molar-refractivity contribution >= 4 is 80.7 Å². The molecule has 0 unspecified atom stereocenters. The first-order valence-corrected chi connectivity index (χ1v) is 15.4. The Balaban J connectivity index is 0. The summed E-state index contributed by atoms with van der Waals surface area (Å²) in [5, 5.41) is 37.9. The Morgan fingerprint density at radius 3 is 2.21 bits per heavy atom. The van der Waals surface area contributed by atoms with Crippen molar-refractivity contribution in [3.8, 4) is 5.75 Å². The van der Waals surface area contributed by atoms with Gasteiger partial charge >= 0.3 is 65.1 Å². The van der Waals surface area contributed by atoms with E-state index in [1.165, 1.54) is 18.2 Å². The van der Waals surface area contributed by atoms with Crippen LogP contribution in [0.2, 0.25) is 5.28 Å². The zero-order valence-electron chi connectivity index (χ0n) is 26.5. The molecule has 0 aliphatic rings. The van der Waals surface area contributed by atoms with Gasteiger partial charge in [-0.3, -0.25) is 18.7 Å². The number of hydrogen-bond acceptors (Lipinski definition) is 19. The van der Waals surface area contributed by atoms with Gasteiger partial charge in [0, 0.05) is 6.07 Å². The number of halogens is 2. The van der Waals surface area contributed by atoms with Crippen LogP contribution in [0.1, 0.15) is 11.1 Å². The fourth-order valence-corrected chi connectivity index (χ4v) is 5.53. The van der Waals surface area contributed by atoms with E-state index < -0.39 is 9.84 Å². The van der Waals surface area contributed by atoms with Crippen molar-refractivity contribution in [2.45, 2.75) is 18.7 Å². The molecule has 0 saturated heterocycles. The number of nitrogens with two attached hydrogens (primary N) is 1. The van der Waals surface area contributed by atoms with Crippen LogP contribution in [-0.2, 0) is 32.8 Å². The predicted molar refractivity (Wildman–Crippen MR) is 160 cm³/mol. The Hall–Kier alpha value is -0.680. The van der Waals surface area contributed by atoms with E-state index in [-0.39, 0.29) is 157 Å². The van der Waals surface area contributed by atoms with Crippen LogP contribution >= 0.6 is 36.2 Å². The number of sulfone groups is 1. The first-order chi connectivity index (χ1) is 20.7. The van der Waals surface area contributed by atoms with Crippen LogP contribution in [0.3, 0.4) is 0 Å². The third kappa shape index (κ3) is 14.9. The van der Waals surface area contributed by atoms with Crippen molar-refractivity contribution in [2.24, 2.45) is 10.2 Å². The average molecular weight is 794 g/mol. The van der Waals surface area contributed by atoms with Gasteiger partial charge in [0.2, 0.25) is 11.2 Å². The smallest absolute Gasteiger partial charge is 1.00 e. The number of aryl methyl sites for hydroxylation is 2. The number of nitrogens with zero attached hydrogens (tertiary/aromatic N) is 6. The van der Waals surface area contributed by atoms with Gasteiger partial charge in [0.25, 0.3) is 12.3 Å². The molecule has 0 saturated carbocycles. The summed E-state index contributed by atoms with van der Waals surface area (Å²) in [5.74, 6) is 0.120. The molecule has 1 aromatic heterocycles. The Bertz CT molecular complexity index is 1610. The number of rotatable bonds is 16. The van der Waals surface area contributed by atoms with Gasteiger partial charge in [-0.2, -0.15) is 10.1 Å². The molecule has 5 N–H and O–H groups in total. The van der Waals surface area contributed by atoms with Gasteiger partial charge in [0.15, 0.2) is 27.9 Å². The van der Waals surface area contributed by atoms with Crippen molar-refractivity contribution in [1.29, 1.82) is 0 Å². The van der Waals surface area contributed by atoms with Gasteiger partial charge in [0.1, 0.15) is 5.69 Å². The summed E-state index contributed by atoms with van der Waals surface area (Å²) in [6, 6.07) is 5.85. The molecule has 3 aromatic rings. The fourth-order valence-electron chi connectivity index (χ4n) is 3.36. The number of nitrogens with one attached hydrogen (secondary N) is 1. The second kappa shape index (κ2) is 23.0. The number of benzene rings is 2. The summed E-state index contributed by atoms with van der Waals surface area (Å²) in [6.07, 6.45) is 0. The first-order valence-electron chi connectivity index (χ1n) is 12.0. The maximum Gasteiger partial charge on any atom is 1.00 e. The zero-order valence-corrected chi connectivity index (χ0v) is 34.5. The van der Waals surface area contributed by atoms with Gasteiger partial charge in [-0.1, -0.05) is 0 Å². The normalized spacial score (nSPS) is 11.2. The van der Waals surface area contributed by atoms with Crippen LogP contribution in [0.5, 0.6) is 5.75 Å². The van der Waals surface area contributed by atoms with E-state index in [4.69, 9.17) is 25.7 Å². The molecule has 256 valence electrons. The second-order valence-corrected chi connectivity index (χ2v) is 12.9. The maximum absolute atomic E-state index is 12.9. The predicted octanol–water partition coefficient (Wildman–Crippen LogP) is -6.99. The van der Waals surface area contributed by atoms with E-state index in [0.717, 1.165) is 0 Å². The Morgan fingerprint density at radius 2 is 1.58 bits per heavy atom. The number of azo groups is 1. The number of anilines is 3. The Labute approximate surface area is 340 Å². The molecule has 0 aliphatic carbocycles. The van der Waals surface area contributed by atoms with Gasteiger partial charge in [-0.15, -0.1) is 23.7 Å². The van der Waals surface area contributed by atoms with E-state index in [1.54, 1.807) is 19.9 Å². The Kier molecular flexibility index (Phi) is 23.7. The quantitative estimate of drug-likeness (QED) is 0.0199. The molecule has 0 aliphatic heterocycles. The summed E-state index contributed by atoms with van der Waals surface area (Å²) in [7, 11) is 1.77.